The van der Waals surface area contributed by atoms with Crippen LogP contribution >= 0.6 is 0 Å². The van der Waals surface area contributed by atoms with Crippen molar-refractivity contribution in [2.75, 3.05) is 12.3 Å². The molecule has 0 spiro atoms. The molecular weight excluding hydrogens is 220 g/mol. The number of hydrogen-bond acceptors (Lipinski definition) is 4. The molecule has 0 bridgehead atoms. The largest absolute Gasteiger partial charge is 0.396 e. The van der Waals surface area contributed by atoms with Gasteiger partial charge >= 0.3 is 0 Å². The monoisotopic (exact) mass is 238 g/mol. The summed E-state index contributed by atoms with van der Waals surface area (Å²) in [5, 5.41) is 19.1. The van der Waals surface area contributed by atoms with Crippen molar-refractivity contribution in [3.05, 3.63) is 11.9 Å². The third-order valence-corrected chi connectivity index (χ3v) is 3.26. The maximum atomic E-state index is 11.7. The average Bonchev–Trinajstić information content (AvgIpc) is 2.74. The number of carbonyl (C=O) groups is 1. The minimum absolute atomic E-state index is 0.254. The van der Waals surface area contributed by atoms with Crippen molar-refractivity contribution in [2.24, 2.45) is 0 Å². The Labute approximate surface area is 99.6 Å². The lowest BCUT2D eigenvalue weighted by Gasteiger charge is -2.32. The highest BCUT2D eigenvalue weighted by Crippen LogP contribution is 2.27. The van der Waals surface area contributed by atoms with Gasteiger partial charge in [0.1, 0.15) is 5.69 Å². The van der Waals surface area contributed by atoms with Crippen LogP contribution in [0.4, 0.5) is 5.69 Å². The number of anilines is 1. The van der Waals surface area contributed by atoms with Gasteiger partial charge in [-0.2, -0.15) is 5.10 Å². The third kappa shape index (κ3) is 2.76. The molecule has 1 aliphatic rings. The Morgan fingerprint density at radius 2 is 2.24 bits per heavy atom. The van der Waals surface area contributed by atoms with E-state index in [4.69, 9.17) is 5.73 Å². The number of amides is 1. The van der Waals surface area contributed by atoms with Crippen LogP contribution in [0.25, 0.3) is 0 Å². The number of nitrogens with one attached hydrogen (secondary N) is 2. The Bertz CT molecular complexity index is 396. The molecule has 1 amide bonds. The summed E-state index contributed by atoms with van der Waals surface area (Å²) in [6, 6.07) is 0. The second-order valence-corrected chi connectivity index (χ2v) is 4.67. The van der Waals surface area contributed by atoms with Crippen molar-refractivity contribution in [1.82, 2.24) is 15.5 Å². The van der Waals surface area contributed by atoms with E-state index in [-0.39, 0.29) is 18.1 Å². The number of H-pyrrole nitrogens is 1. The minimum Gasteiger partial charge on any atom is -0.396 e. The third-order valence-electron chi connectivity index (χ3n) is 3.26. The van der Waals surface area contributed by atoms with E-state index in [2.05, 4.69) is 15.5 Å². The molecule has 17 heavy (non-hydrogen) atoms. The van der Waals surface area contributed by atoms with Gasteiger partial charge in [0.25, 0.3) is 5.91 Å². The maximum Gasteiger partial charge on any atom is 0.271 e. The zero-order chi connectivity index (χ0) is 12.3. The number of aromatic amines is 1. The predicted octanol–water partition coefficient (Wildman–Crippen LogP) is 0.417. The SMILES string of the molecule is Nc1cn[nH]c1C(=O)NCC1(O)CCCCC1. The summed E-state index contributed by atoms with van der Waals surface area (Å²) < 4.78 is 0. The molecule has 5 N–H and O–H groups in total. The predicted molar refractivity (Wildman–Crippen MR) is 63.4 cm³/mol. The zero-order valence-electron chi connectivity index (χ0n) is 9.70. The average molecular weight is 238 g/mol. The van der Waals surface area contributed by atoms with Gasteiger partial charge in [0.05, 0.1) is 17.5 Å². The Morgan fingerprint density at radius 1 is 1.53 bits per heavy atom. The van der Waals surface area contributed by atoms with E-state index in [1.807, 2.05) is 0 Å². The van der Waals surface area contributed by atoms with Crippen LogP contribution < -0.4 is 11.1 Å². The van der Waals surface area contributed by atoms with Gasteiger partial charge in [0, 0.05) is 6.54 Å². The Hall–Kier alpha value is -1.56. The summed E-state index contributed by atoms with van der Waals surface area (Å²) in [6.07, 6.45) is 6.06. The molecule has 0 saturated heterocycles. The van der Waals surface area contributed by atoms with Gasteiger partial charge in [-0.05, 0) is 12.8 Å². The summed E-state index contributed by atoms with van der Waals surface area (Å²) in [6.45, 7) is 0.268. The number of rotatable bonds is 3. The van der Waals surface area contributed by atoms with Crippen molar-refractivity contribution in [3.63, 3.8) is 0 Å². The van der Waals surface area contributed by atoms with E-state index < -0.39 is 5.60 Å². The highest BCUT2D eigenvalue weighted by molar-refractivity contribution is 5.96. The fourth-order valence-corrected chi connectivity index (χ4v) is 2.20. The highest BCUT2D eigenvalue weighted by atomic mass is 16.3. The molecule has 0 aromatic carbocycles. The van der Waals surface area contributed by atoms with Gasteiger partial charge in [0.15, 0.2) is 0 Å². The molecule has 1 aromatic rings. The van der Waals surface area contributed by atoms with E-state index in [1.54, 1.807) is 0 Å². The van der Waals surface area contributed by atoms with Crippen LogP contribution in [0.3, 0.4) is 0 Å². The lowest BCUT2D eigenvalue weighted by Crippen LogP contribution is -2.44. The molecule has 0 atom stereocenters. The highest BCUT2D eigenvalue weighted by Gasteiger charge is 2.29. The number of nitrogens with two attached hydrogens (primary N) is 1. The summed E-state index contributed by atoms with van der Waals surface area (Å²) in [5.74, 6) is -0.320. The number of nitrogen functional groups attached to an aromatic ring is 1. The van der Waals surface area contributed by atoms with Gasteiger partial charge < -0.3 is 16.2 Å². The summed E-state index contributed by atoms with van der Waals surface area (Å²) >= 11 is 0. The molecule has 0 unspecified atom stereocenters. The Morgan fingerprint density at radius 3 is 2.82 bits per heavy atom. The standard InChI is InChI=1S/C11H18N4O2/c12-8-6-14-15-9(8)10(16)13-7-11(17)4-2-1-3-5-11/h6,17H,1-5,7,12H2,(H,13,16)(H,14,15). The molecule has 1 saturated carbocycles. The molecule has 1 aliphatic carbocycles. The number of nitrogens with zero attached hydrogens (tertiary/aromatic N) is 1. The van der Waals surface area contributed by atoms with Gasteiger partial charge in [0.2, 0.25) is 0 Å². The quantitative estimate of drug-likeness (QED) is 0.612. The van der Waals surface area contributed by atoms with E-state index in [0.29, 0.717) is 5.69 Å². The second-order valence-electron chi connectivity index (χ2n) is 4.67. The van der Waals surface area contributed by atoms with Crippen LogP contribution in [0.1, 0.15) is 42.6 Å². The summed E-state index contributed by atoms with van der Waals surface area (Å²) in [4.78, 5) is 11.7. The van der Waals surface area contributed by atoms with Gasteiger partial charge in [-0.25, -0.2) is 0 Å². The first kappa shape index (κ1) is 11.9. The van der Waals surface area contributed by atoms with E-state index in [9.17, 15) is 9.90 Å². The van der Waals surface area contributed by atoms with Gasteiger partial charge in [-0.15, -0.1) is 0 Å². The molecule has 6 heteroatoms. The van der Waals surface area contributed by atoms with Crippen LogP contribution in [0.15, 0.2) is 6.20 Å². The van der Waals surface area contributed by atoms with Crippen molar-refractivity contribution < 1.29 is 9.90 Å². The summed E-state index contributed by atoms with van der Waals surface area (Å²) in [7, 11) is 0. The Balaban J connectivity index is 1.90. The maximum absolute atomic E-state index is 11.7. The first-order valence-corrected chi connectivity index (χ1v) is 5.90. The molecule has 0 aliphatic heterocycles. The molecule has 94 valence electrons. The van der Waals surface area contributed by atoms with Crippen LogP contribution in [-0.4, -0.2) is 33.4 Å². The normalized spacial score (nSPS) is 18.9. The van der Waals surface area contributed by atoms with Gasteiger partial charge in [-0.3, -0.25) is 9.89 Å². The fraction of sp³-hybridized carbons (Fsp3) is 0.636. The van der Waals surface area contributed by atoms with Crippen LogP contribution in [0.5, 0.6) is 0 Å². The van der Waals surface area contributed by atoms with E-state index >= 15 is 0 Å². The van der Waals surface area contributed by atoms with Crippen molar-refractivity contribution in [2.45, 2.75) is 37.7 Å². The van der Waals surface area contributed by atoms with Crippen LogP contribution in [0, 0.1) is 0 Å². The van der Waals surface area contributed by atoms with Crippen molar-refractivity contribution >= 4 is 11.6 Å². The molecule has 0 radical (unpaired) electrons. The number of hydrogen-bond donors (Lipinski definition) is 4. The van der Waals surface area contributed by atoms with E-state index in [0.717, 1.165) is 32.1 Å². The Kier molecular flexibility index (Phi) is 3.33. The lowest BCUT2D eigenvalue weighted by atomic mass is 9.85. The minimum atomic E-state index is -0.761. The van der Waals surface area contributed by atoms with Crippen LogP contribution in [-0.2, 0) is 0 Å². The smallest absolute Gasteiger partial charge is 0.271 e. The van der Waals surface area contributed by atoms with Crippen molar-refractivity contribution in [1.29, 1.82) is 0 Å². The number of aromatic nitrogens is 2. The molecule has 1 aromatic heterocycles. The number of carbonyl (C=O) groups excluding carboxylic acids is 1. The number of aliphatic hydroxyl groups is 1. The molecule has 1 heterocycles. The van der Waals surface area contributed by atoms with Gasteiger partial charge in [-0.1, -0.05) is 19.3 Å². The van der Waals surface area contributed by atoms with E-state index in [1.165, 1.54) is 6.20 Å². The lowest BCUT2D eigenvalue weighted by molar-refractivity contribution is 0.00522. The first-order chi connectivity index (χ1) is 8.11. The topological polar surface area (TPSA) is 104 Å². The molecular formula is C11H18N4O2. The fourth-order valence-electron chi connectivity index (χ4n) is 2.20. The molecule has 1 fully saturated rings. The van der Waals surface area contributed by atoms with Crippen LogP contribution in [0.2, 0.25) is 0 Å². The molecule has 2 rings (SSSR count). The van der Waals surface area contributed by atoms with Crippen molar-refractivity contribution in [3.8, 4) is 0 Å². The second kappa shape index (κ2) is 4.75. The molecule has 6 nitrogen and oxygen atoms in total. The summed E-state index contributed by atoms with van der Waals surface area (Å²) in [5.41, 5.74) is 5.38. The first-order valence-electron chi connectivity index (χ1n) is 5.90. The zero-order valence-corrected chi connectivity index (χ0v) is 9.70.